The van der Waals surface area contributed by atoms with Crippen LogP contribution in [0.1, 0.15) is 0 Å². The molecule has 7 nitrogen and oxygen atoms in total. The molecule has 0 fully saturated rings. The van der Waals surface area contributed by atoms with E-state index in [1.54, 1.807) is 28.3 Å². The summed E-state index contributed by atoms with van der Waals surface area (Å²) in [4.78, 5) is 31.6. The van der Waals surface area contributed by atoms with Crippen molar-refractivity contribution in [3.05, 3.63) is 82.2 Å². The number of anilines is 1. The Hall–Kier alpha value is -3.56. The minimum absolute atomic E-state index is 0.139. The van der Waals surface area contributed by atoms with Gasteiger partial charge in [-0.3, -0.25) is 14.2 Å². The van der Waals surface area contributed by atoms with E-state index in [4.69, 9.17) is 0 Å². The Balaban J connectivity index is 1.38. The van der Waals surface area contributed by atoms with Gasteiger partial charge in [-0.2, -0.15) is 5.10 Å². The molecular weight excluding hydrogens is 418 g/mol. The van der Waals surface area contributed by atoms with Crippen LogP contribution in [0.2, 0.25) is 0 Å². The molecule has 0 aliphatic rings. The lowest BCUT2D eigenvalue weighted by atomic mass is 10.2. The maximum Gasteiger partial charge on any atom is 0.263 e. The fraction of sp³-hybridized carbons (Fsp3) is 0.0476. The maximum atomic E-state index is 13.0. The molecule has 0 unspecified atom stereocenters. The van der Waals surface area contributed by atoms with Crippen LogP contribution in [0.15, 0.2) is 76.6 Å². The standard InChI is InChI=1S/C21H15N5O2S2/c27-18(23-17-8-9-26(24-17)14-5-2-1-3-6-14)11-25-13-22-20-19(21(25)28)15(12-30-20)16-7-4-10-29-16/h1-10,12-13H,11H2,(H,23,24,27). The number of para-hydroxylation sites is 1. The first-order valence-corrected chi connectivity index (χ1v) is 10.9. The molecule has 0 aliphatic carbocycles. The fourth-order valence-corrected chi connectivity index (χ4v) is 4.87. The van der Waals surface area contributed by atoms with Crippen LogP contribution < -0.4 is 10.9 Å². The summed E-state index contributed by atoms with van der Waals surface area (Å²) >= 11 is 2.99. The molecule has 148 valence electrons. The van der Waals surface area contributed by atoms with E-state index in [1.165, 1.54) is 22.2 Å². The van der Waals surface area contributed by atoms with Crippen LogP contribution >= 0.6 is 22.7 Å². The molecule has 30 heavy (non-hydrogen) atoms. The molecule has 9 heteroatoms. The van der Waals surface area contributed by atoms with Gasteiger partial charge in [0.05, 0.1) is 17.4 Å². The Morgan fingerprint density at radius 2 is 1.93 bits per heavy atom. The summed E-state index contributed by atoms with van der Waals surface area (Å²) in [5.41, 5.74) is 1.52. The Morgan fingerprint density at radius 3 is 2.73 bits per heavy atom. The summed E-state index contributed by atoms with van der Waals surface area (Å²) < 4.78 is 3.00. The Labute approximate surface area is 178 Å². The van der Waals surface area contributed by atoms with Crippen LogP contribution in [0, 0.1) is 0 Å². The van der Waals surface area contributed by atoms with Crippen molar-refractivity contribution >= 4 is 44.6 Å². The SMILES string of the molecule is O=C(Cn1cnc2scc(-c3cccs3)c2c1=O)Nc1ccn(-c2ccccc2)n1. The quantitative estimate of drug-likeness (QED) is 0.454. The highest BCUT2D eigenvalue weighted by Crippen LogP contribution is 2.33. The number of hydrogen-bond acceptors (Lipinski definition) is 6. The maximum absolute atomic E-state index is 13.0. The summed E-state index contributed by atoms with van der Waals surface area (Å²) in [5.74, 6) is 0.0743. The second-order valence-corrected chi connectivity index (χ2v) is 8.32. The third-order valence-electron chi connectivity index (χ3n) is 4.54. The molecule has 0 aliphatic heterocycles. The summed E-state index contributed by atoms with van der Waals surface area (Å²) in [6, 6.07) is 15.2. The summed E-state index contributed by atoms with van der Waals surface area (Å²) in [5, 5.41) is 11.5. The monoisotopic (exact) mass is 433 g/mol. The molecule has 0 atom stereocenters. The first-order chi connectivity index (χ1) is 14.7. The molecular formula is C21H15N5O2S2. The van der Waals surface area contributed by atoms with Gasteiger partial charge < -0.3 is 5.32 Å². The van der Waals surface area contributed by atoms with Crippen molar-refractivity contribution in [3.63, 3.8) is 0 Å². The number of carbonyl (C=O) groups excluding carboxylic acids is 1. The molecule has 1 aromatic carbocycles. The highest BCUT2D eigenvalue weighted by molar-refractivity contribution is 7.18. The van der Waals surface area contributed by atoms with Crippen LogP contribution in [0.4, 0.5) is 5.82 Å². The van der Waals surface area contributed by atoms with E-state index in [9.17, 15) is 9.59 Å². The Bertz CT molecular complexity index is 1380. The van der Waals surface area contributed by atoms with Crippen molar-refractivity contribution in [1.29, 1.82) is 0 Å². The van der Waals surface area contributed by atoms with Crippen LogP contribution in [0.3, 0.4) is 0 Å². The summed E-state index contributed by atoms with van der Waals surface area (Å²) in [6.45, 7) is -0.139. The average Bonchev–Trinajstić information content (AvgIpc) is 3.51. The van der Waals surface area contributed by atoms with Gasteiger partial charge in [0.2, 0.25) is 5.91 Å². The third kappa shape index (κ3) is 3.44. The highest BCUT2D eigenvalue weighted by atomic mass is 32.1. The topological polar surface area (TPSA) is 81.8 Å². The lowest BCUT2D eigenvalue weighted by molar-refractivity contribution is -0.116. The normalized spacial score (nSPS) is 11.1. The van der Waals surface area contributed by atoms with Gasteiger partial charge in [-0.25, -0.2) is 9.67 Å². The first kappa shape index (κ1) is 18.5. The van der Waals surface area contributed by atoms with Crippen LogP contribution in [0.5, 0.6) is 0 Å². The molecule has 1 amide bonds. The van der Waals surface area contributed by atoms with Crippen LogP contribution in [-0.4, -0.2) is 25.2 Å². The smallest absolute Gasteiger partial charge is 0.263 e. The number of rotatable bonds is 5. The molecule has 0 radical (unpaired) electrons. The highest BCUT2D eigenvalue weighted by Gasteiger charge is 2.15. The lowest BCUT2D eigenvalue weighted by Gasteiger charge is -2.06. The molecule has 0 saturated carbocycles. The minimum Gasteiger partial charge on any atom is -0.308 e. The largest absolute Gasteiger partial charge is 0.308 e. The van der Waals surface area contributed by atoms with Gasteiger partial charge in [0.1, 0.15) is 11.4 Å². The molecule has 0 bridgehead atoms. The number of carbonyl (C=O) groups is 1. The van der Waals surface area contributed by atoms with Gasteiger partial charge in [-0.15, -0.1) is 22.7 Å². The Morgan fingerprint density at radius 1 is 1.07 bits per heavy atom. The van der Waals surface area contributed by atoms with E-state index in [2.05, 4.69) is 15.4 Å². The van der Waals surface area contributed by atoms with Crippen molar-refractivity contribution in [3.8, 4) is 16.1 Å². The number of nitrogens with one attached hydrogen (secondary N) is 1. The second kappa shape index (κ2) is 7.69. The first-order valence-electron chi connectivity index (χ1n) is 9.10. The van der Waals surface area contributed by atoms with Crippen LogP contribution in [-0.2, 0) is 11.3 Å². The summed E-state index contributed by atoms with van der Waals surface area (Å²) in [7, 11) is 0. The number of amides is 1. The summed E-state index contributed by atoms with van der Waals surface area (Å²) in [6.07, 6.45) is 3.19. The zero-order chi connectivity index (χ0) is 20.5. The Kier molecular flexibility index (Phi) is 4.74. The number of nitrogens with zero attached hydrogens (tertiary/aromatic N) is 4. The molecule has 5 rings (SSSR count). The van der Waals surface area contributed by atoms with E-state index in [1.807, 2.05) is 53.2 Å². The molecule has 5 aromatic rings. The zero-order valence-corrected chi connectivity index (χ0v) is 17.2. The van der Waals surface area contributed by atoms with E-state index < -0.39 is 0 Å². The molecule has 1 N–H and O–H groups in total. The van der Waals surface area contributed by atoms with Gasteiger partial charge in [0.25, 0.3) is 5.56 Å². The molecule has 0 saturated heterocycles. The van der Waals surface area contributed by atoms with Crippen LogP contribution in [0.25, 0.3) is 26.3 Å². The van der Waals surface area contributed by atoms with Gasteiger partial charge in [-0.05, 0) is 23.6 Å². The molecule has 0 spiro atoms. The fourth-order valence-electron chi connectivity index (χ4n) is 3.15. The van der Waals surface area contributed by atoms with E-state index in [-0.39, 0.29) is 18.0 Å². The van der Waals surface area contributed by atoms with E-state index in [0.29, 0.717) is 16.0 Å². The number of hydrogen-bond donors (Lipinski definition) is 1. The number of benzene rings is 1. The van der Waals surface area contributed by atoms with Crippen molar-refractivity contribution in [2.75, 3.05) is 5.32 Å². The van der Waals surface area contributed by atoms with Gasteiger partial charge in [0, 0.05) is 28.1 Å². The predicted molar refractivity (Wildman–Crippen MR) is 119 cm³/mol. The second-order valence-electron chi connectivity index (χ2n) is 6.51. The van der Waals surface area contributed by atoms with E-state index >= 15 is 0 Å². The van der Waals surface area contributed by atoms with Gasteiger partial charge in [-0.1, -0.05) is 24.3 Å². The number of thiophene rings is 2. The molecule has 4 heterocycles. The predicted octanol–water partition coefficient (Wildman–Crippen LogP) is 4.01. The van der Waals surface area contributed by atoms with Gasteiger partial charge >= 0.3 is 0 Å². The third-order valence-corrected chi connectivity index (χ3v) is 6.33. The van der Waals surface area contributed by atoms with Gasteiger partial charge in [0.15, 0.2) is 5.82 Å². The molecule has 4 aromatic heterocycles. The van der Waals surface area contributed by atoms with Crippen molar-refractivity contribution in [2.45, 2.75) is 6.54 Å². The van der Waals surface area contributed by atoms with E-state index in [0.717, 1.165) is 16.1 Å². The number of fused-ring (bicyclic) bond motifs is 1. The zero-order valence-electron chi connectivity index (χ0n) is 15.6. The number of aromatic nitrogens is 4. The average molecular weight is 434 g/mol. The van der Waals surface area contributed by atoms with Crippen molar-refractivity contribution < 1.29 is 4.79 Å². The lowest BCUT2D eigenvalue weighted by Crippen LogP contribution is -2.28. The van der Waals surface area contributed by atoms with Crippen molar-refractivity contribution in [2.24, 2.45) is 0 Å². The minimum atomic E-state index is -0.343. The van der Waals surface area contributed by atoms with Crippen molar-refractivity contribution in [1.82, 2.24) is 19.3 Å².